The summed E-state index contributed by atoms with van der Waals surface area (Å²) in [5, 5.41) is 0.445. The molecule has 3 aromatic carbocycles. The van der Waals surface area contributed by atoms with Gasteiger partial charge in [-0.15, -0.1) is 0 Å². The Balaban J connectivity index is 2.02. The van der Waals surface area contributed by atoms with E-state index in [1.165, 1.54) is 23.5 Å². The smallest absolute Gasteiger partial charge is 0.307 e. The SMILES string of the molecule is COC(=O)CC1c2c(C)cc(C)cc2-c2ccccc2N1S(=O)(=O)c1ccc(Cl)cc1. The third-order valence-electron chi connectivity index (χ3n) is 5.54. The molecule has 5 nitrogen and oxygen atoms in total. The molecule has 0 bridgehead atoms. The average Bonchev–Trinajstić information content (AvgIpc) is 2.73. The van der Waals surface area contributed by atoms with E-state index in [0.717, 1.165) is 27.8 Å². The van der Waals surface area contributed by atoms with Gasteiger partial charge in [-0.2, -0.15) is 0 Å². The minimum atomic E-state index is -4.00. The van der Waals surface area contributed by atoms with Crippen LogP contribution in [-0.2, 0) is 19.6 Å². The van der Waals surface area contributed by atoms with E-state index in [4.69, 9.17) is 16.3 Å². The number of sulfonamides is 1. The molecular formula is C24H22ClNO4S. The summed E-state index contributed by atoms with van der Waals surface area (Å²) in [6, 6.07) is 16.7. The second kappa shape index (κ2) is 8.02. The molecule has 7 heteroatoms. The summed E-state index contributed by atoms with van der Waals surface area (Å²) in [4.78, 5) is 12.5. The molecule has 0 saturated heterocycles. The Bertz CT molecular complexity index is 1270. The molecule has 0 aromatic heterocycles. The third kappa shape index (κ3) is 3.70. The van der Waals surface area contributed by atoms with Crippen molar-refractivity contribution in [1.82, 2.24) is 0 Å². The van der Waals surface area contributed by atoms with Crippen LogP contribution in [0.15, 0.2) is 65.6 Å². The van der Waals surface area contributed by atoms with Crippen molar-refractivity contribution in [3.05, 3.63) is 82.4 Å². The number of carbonyl (C=O) groups is 1. The van der Waals surface area contributed by atoms with Crippen LogP contribution in [0.3, 0.4) is 0 Å². The van der Waals surface area contributed by atoms with Crippen molar-refractivity contribution in [2.45, 2.75) is 31.2 Å². The fraction of sp³-hybridized carbons (Fsp3) is 0.208. The lowest BCUT2D eigenvalue weighted by Gasteiger charge is -2.39. The van der Waals surface area contributed by atoms with Gasteiger partial charge in [-0.25, -0.2) is 8.42 Å². The number of esters is 1. The number of fused-ring (bicyclic) bond motifs is 3. The van der Waals surface area contributed by atoms with Crippen molar-refractivity contribution >= 4 is 33.3 Å². The van der Waals surface area contributed by atoms with Crippen LogP contribution in [-0.4, -0.2) is 21.5 Å². The van der Waals surface area contributed by atoms with E-state index in [2.05, 4.69) is 0 Å². The highest BCUT2D eigenvalue weighted by molar-refractivity contribution is 7.92. The Morgan fingerprint density at radius 2 is 1.71 bits per heavy atom. The molecule has 1 aliphatic rings. The zero-order chi connectivity index (χ0) is 22.3. The number of rotatable bonds is 4. The van der Waals surface area contributed by atoms with Crippen molar-refractivity contribution < 1.29 is 17.9 Å². The van der Waals surface area contributed by atoms with Gasteiger partial charge in [-0.1, -0.05) is 47.5 Å². The normalized spacial score (nSPS) is 15.2. The highest BCUT2D eigenvalue weighted by atomic mass is 35.5. The first-order valence-electron chi connectivity index (χ1n) is 9.81. The summed E-state index contributed by atoms with van der Waals surface area (Å²) in [7, 11) is -2.69. The molecule has 0 N–H and O–H groups in total. The van der Waals surface area contributed by atoms with Gasteiger partial charge in [0.15, 0.2) is 0 Å². The number of nitrogens with zero attached hydrogens (tertiary/aromatic N) is 1. The molecule has 0 amide bonds. The average molecular weight is 456 g/mol. The summed E-state index contributed by atoms with van der Waals surface area (Å²) in [6.45, 7) is 3.94. The van der Waals surface area contributed by atoms with E-state index in [9.17, 15) is 13.2 Å². The van der Waals surface area contributed by atoms with Gasteiger partial charge < -0.3 is 4.74 Å². The quantitative estimate of drug-likeness (QED) is 0.491. The molecule has 1 aliphatic heterocycles. The zero-order valence-corrected chi connectivity index (χ0v) is 19.0. The lowest BCUT2D eigenvalue weighted by Crippen LogP contribution is -2.39. The molecule has 160 valence electrons. The number of ether oxygens (including phenoxy) is 1. The number of hydrogen-bond acceptors (Lipinski definition) is 4. The van der Waals surface area contributed by atoms with Crippen LogP contribution >= 0.6 is 11.6 Å². The standard InChI is InChI=1S/C24H22ClNO4S/c1-15-12-16(2)24-20(13-15)19-6-4-5-7-21(19)26(22(24)14-23(27)30-3)31(28,29)18-10-8-17(25)9-11-18/h4-13,22H,14H2,1-3H3. The topological polar surface area (TPSA) is 63.7 Å². The Kier molecular flexibility index (Phi) is 5.54. The number of aryl methyl sites for hydroxylation is 2. The molecule has 3 aromatic rings. The lowest BCUT2D eigenvalue weighted by atomic mass is 9.84. The Hall–Kier alpha value is -2.83. The predicted octanol–water partition coefficient (Wildman–Crippen LogP) is 5.44. The van der Waals surface area contributed by atoms with Gasteiger partial charge in [-0.3, -0.25) is 9.10 Å². The lowest BCUT2D eigenvalue weighted by molar-refractivity contribution is -0.141. The Morgan fingerprint density at radius 3 is 2.39 bits per heavy atom. The van der Waals surface area contributed by atoms with Gasteiger partial charge in [0.2, 0.25) is 0 Å². The molecule has 0 spiro atoms. The van der Waals surface area contributed by atoms with Gasteiger partial charge in [-0.05, 0) is 60.9 Å². The monoisotopic (exact) mass is 455 g/mol. The molecule has 1 heterocycles. The van der Waals surface area contributed by atoms with E-state index in [1.54, 1.807) is 24.3 Å². The summed E-state index contributed by atoms with van der Waals surface area (Å²) in [5.74, 6) is -0.480. The molecule has 0 radical (unpaired) electrons. The summed E-state index contributed by atoms with van der Waals surface area (Å²) in [5.41, 5.74) is 5.08. The Labute approximate surface area is 187 Å². The van der Waals surface area contributed by atoms with Crippen molar-refractivity contribution in [3.63, 3.8) is 0 Å². The highest BCUT2D eigenvalue weighted by Crippen LogP contribution is 2.49. The number of carbonyl (C=O) groups excluding carboxylic acids is 1. The minimum absolute atomic E-state index is 0.103. The zero-order valence-electron chi connectivity index (χ0n) is 17.4. The molecule has 1 atom stereocenters. The van der Waals surface area contributed by atoms with Gasteiger partial charge in [0.05, 0.1) is 30.2 Å². The maximum atomic E-state index is 13.9. The molecule has 0 aliphatic carbocycles. The molecule has 0 fully saturated rings. The number of anilines is 1. The molecule has 0 saturated carbocycles. The van der Waals surface area contributed by atoms with E-state index in [1.807, 2.05) is 38.1 Å². The van der Waals surface area contributed by atoms with Gasteiger partial charge in [0, 0.05) is 10.6 Å². The van der Waals surface area contributed by atoms with Crippen LogP contribution in [0.2, 0.25) is 5.02 Å². The van der Waals surface area contributed by atoms with E-state index >= 15 is 0 Å². The largest absolute Gasteiger partial charge is 0.469 e. The van der Waals surface area contributed by atoms with Crippen LogP contribution < -0.4 is 4.31 Å². The fourth-order valence-corrected chi connectivity index (χ4v) is 6.03. The van der Waals surface area contributed by atoms with Gasteiger partial charge >= 0.3 is 5.97 Å². The van der Waals surface area contributed by atoms with Crippen molar-refractivity contribution in [2.24, 2.45) is 0 Å². The predicted molar refractivity (Wildman–Crippen MR) is 122 cm³/mol. The number of para-hydroxylation sites is 1. The summed E-state index contributed by atoms with van der Waals surface area (Å²) >= 11 is 5.98. The number of benzene rings is 3. The summed E-state index contributed by atoms with van der Waals surface area (Å²) in [6.07, 6.45) is -0.103. The first kappa shape index (κ1) is 21.4. The van der Waals surface area contributed by atoms with Crippen LogP contribution in [0, 0.1) is 13.8 Å². The van der Waals surface area contributed by atoms with E-state index in [-0.39, 0.29) is 11.3 Å². The van der Waals surface area contributed by atoms with Crippen LogP contribution in [0.5, 0.6) is 0 Å². The van der Waals surface area contributed by atoms with Crippen molar-refractivity contribution in [3.8, 4) is 11.1 Å². The first-order valence-corrected chi connectivity index (χ1v) is 11.6. The first-order chi connectivity index (χ1) is 14.7. The second-order valence-corrected chi connectivity index (χ2v) is 9.86. The number of methoxy groups -OCH3 is 1. The molecule has 1 unspecified atom stereocenters. The van der Waals surface area contributed by atoms with Gasteiger partial charge in [0.25, 0.3) is 10.0 Å². The molecule has 31 heavy (non-hydrogen) atoms. The summed E-state index contributed by atoms with van der Waals surface area (Å²) < 4.78 is 34.0. The maximum absolute atomic E-state index is 13.9. The van der Waals surface area contributed by atoms with E-state index < -0.39 is 22.0 Å². The second-order valence-electron chi connectivity index (χ2n) is 7.61. The van der Waals surface area contributed by atoms with Gasteiger partial charge in [0.1, 0.15) is 0 Å². The Morgan fingerprint density at radius 1 is 1.03 bits per heavy atom. The molecular weight excluding hydrogens is 434 g/mol. The van der Waals surface area contributed by atoms with E-state index in [0.29, 0.717) is 10.7 Å². The number of halogens is 1. The van der Waals surface area contributed by atoms with Crippen molar-refractivity contribution in [2.75, 3.05) is 11.4 Å². The van der Waals surface area contributed by atoms with Crippen molar-refractivity contribution in [1.29, 1.82) is 0 Å². The fourth-order valence-electron chi connectivity index (χ4n) is 4.27. The minimum Gasteiger partial charge on any atom is -0.469 e. The third-order valence-corrected chi connectivity index (χ3v) is 7.63. The van der Waals surface area contributed by atoms with Crippen LogP contribution in [0.4, 0.5) is 5.69 Å². The van der Waals surface area contributed by atoms with Crippen LogP contribution in [0.25, 0.3) is 11.1 Å². The number of hydrogen-bond donors (Lipinski definition) is 0. The highest BCUT2D eigenvalue weighted by Gasteiger charge is 2.41. The maximum Gasteiger partial charge on any atom is 0.307 e. The van der Waals surface area contributed by atoms with Crippen LogP contribution in [0.1, 0.15) is 29.2 Å². The molecule has 4 rings (SSSR count).